The summed E-state index contributed by atoms with van der Waals surface area (Å²) in [4.78, 5) is 35.1. The smallest absolute Gasteiger partial charge is 0.242 e. The fourth-order valence-electron chi connectivity index (χ4n) is 1.63. The first-order valence-corrected chi connectivity index (χ1v) is 6.94. The topological polar surface area (TPSA) is 113 Å². The maximum Gasteiger partial charge on any atom is 0.242 e. The van der Waals surface area contributed by atoms with Gasteiger partial charge in [-0.3, -0.25) is 14.4 Å². The summed E-state index contributed by atoms with van der Waals surface area (Å²) in [6.07, 6.45) is 0.756. The molecular weight excluding hydrogens is 260 g/mol. The first-order chi connectivity index (χ1) is 9.37. The average Bonchev–Trinajstić information content (AvgIpc) is 2.43. The lowest BCUT2D eigenvalue weighted by Gasteiger charge is -2.25. The van der Waals surface area contributed by atoms with Crippen LogP contribution in [0, 0.1) is 5.92 Å². The van der Waals surface area contributed by atoms with E-state index in [0.29, 0.717) is 6.54 Å². The van der Waals surface area contributed by atoms with Crippen LogP contribution in [0.5, 0.6) is 0 Å². The predicted octanol–water partition coefficient (Wildman–Crippen LogP) is -0.883. The van der Waals surface area contributed by atoms with E-state index >= 15 is 0 Å². The molecule has 3 amide bonds. The fraction of sp³-hybridized carbons (Fsp3) is 0.769. The minimum atomic E-state index is -0.730. The summed E-state index contributed by atoms with van der Waals surface area (Å²) in [6.45, 7) is 7.53. The molecule has 0 heterocycles. The van der Waals surface area contributed by atoms with Gasteiger partial charge in [-0.05, 0) is 19.8 Å². The number of hydrogen-bond acceptors (Lipinski definition) is 4. The number of hydrogen-bond donors (Lipinski definition) is 4. The van der Waals surface area contributed by atoms with Gasteiger partial charge in [0.25, 0.3) is 0 Å². The van der Waals surface area contributed by atoms with Gasteiger partial charge in [-0.15, -0.1) is 0 Å². The third-order valence-corrected chi connectivity index (χ3v) is 3.10. The molecule has 0 rings (SSSR count). The standard InChI is InChI=1S/C13H26N4O3/c1-5-8(3)11(13(20)15-6-2)17-12(19)9(4)16-10(18)7-14/h8-9,11H,5-7,14H2,1-4H3,(H,15,20)(H,16,18)(H,17,19). The number of likely N-dealkylation sites (N-methyl/N-ethyl adjacent to an activating group) is 1. The Bertz CT molecular complexity index is 347. The van der Waals surface area contributed by atoms with Crippen LogP contribution in [0.15, 0.2) is 0 Å². The van der Waals surface area contributed by atoms with E-state index in [0.717, 1.165) is 6.42 Å². The van der Waals surface area contributed by atoms with Crippen LogP contribution >= 0.6 is 0 Å². The number of carbonyl (C=O) groups excluding carboxylic acids is 3. The molecule has 0 bridgehead atoms. The summed E-state index contributed by atoms with van der Waals surface area (Å²) in [5.74, 6) is -1.02. The Labute approximate surface area is 120 Å². The average molecular weight is 286 g/mol. The SMILES string of the molecule is CCNC(=O)C(NC(=O)C(C)NC(=O)CN)C(C)CC. The zero-order chi connectivity index (χ0) is 15.7. The quantitative estimate of drug-likeness (QED) is 0.464. The molecule has 0 spiro atoms. The molecule has 0 aliphatic rings. The Hall–Kier alpha value is -1.63. The summed E-state index contributed by atoms with van der Waals surface area (Å²) in [5.41, 5.74) is 5.17. The van der Waals surface area contributed by atoms with Crippen molar-refractivity contribution in [2.45, 2.75) is 46.2 Å². The largest absolute Gasteiger partial charge is 0.355 e. The van der Waals surface area contributed by atoms with Crippen molar-refractivity contribution >= 4 is 17.7 Å². The predicted molar refractivity (Wildman–Crippen MR) is 76.7 cm³/mol. The number of nitrogens with two attached hydrogens (primary N) is 1. The van der Waals surface area contributed by atoms with Crippen LogP contribution in [0.3, 0.4) is 0 Å². The van der Waals surface area contributed by atoms with E-state index in [2.05, 4.69) is 16.0 Å². The molecule has 0 radical (unpaired) electrons. The number of amides is 3. The van der Waals surface area contributed by atoms with Gasteiger partial charge < -0.3 is 21.7 Å². The van der Waals surface area contributed by atoms with Crippen molar-refractivity contribution in [2.24, 2.45) is 11.7 Å². The lowest BCUT2D eigenvalue weighted by atomic mass is 9.98. The molecule has 116 valence electrons. The summed E-state index contributed by atoms with van der Waals surface area (Å²) in [6, 6.07) is -1.34. The summed E-state index contributed by atoms with van der Waals surface area (Å²) in [7, 11) is 0. The Balaban J connectivity index is 4.68. The van der Waals surface area contributed by atoms with Gasteiger partial charge in [-0.1, -0.05) is 20.3 Å². The van der Waals surface area contributed by atoms with Crippen molar-refractivity contribution in [2.75, 3.05) is 13.1 Å². The highest BCUT2D eigenvalue weighted by molar-refractivity contribution is 5.92. The van der Waals surface area contributed by atoms with E-state index in [9.17, 15) is 14.4 Å². The zero-order valence-corrected chi connectivity index (χ0v) is 12.7. The van der Waals surface area contributed by atoms with Gasteiger partial charge in [0.05, 0.1) is 6.54 Å². The lowest BCUT2D eigenvalue weighted by molar-refractivity contribution is -0.132. The molecule has 5 N–H and O–H groups in total. The van der Waals surface area contributed by atoms with Crippen molar-refractivity contribution in [3.63, 3.8) is 0 Å². The Kier molecular flexibility index (Phi) is 8.54. The van der Waals surface area contributed by atoms with Gasteiger partial charge in [0.1, 0.15) is 12.1 Å². The zero-order valence-electron chi connectivity index (χ0n) is 12.7. The third-order valence-electron chi connectivity index (χ3n) is 3.10. The Morgan fingerprint density at radius 2 is 1.65 bits per heavy atom. The van der Waals surface area contributed by atoms with Gasteiger partial charge in [-0.25, -0.2) is 0 Å². The summed E-state index contributed by atoms with van der Waals surface area (Å²) in [5, 5.41) is 7.83. The molecule has 0 aromatic rings. The summed E-state index contributed by atoms with van der Waals surface area (Å²) < 4.78 is 0. The van der Waals surface area contributed by atoms with Gasteiger partial charge in [-0.2, -0.15) is 0 Å². The van der Waals surface area contributed by atoms with Crippen LogP contribution in [0.25, 0.3) is 0 Å². The molecular formula is C13H26N4O3. The van der Waals surface area contributed by atoms with E-state index in [4.69, 9.17) is 5.73 Å². The number of rotatable bonds is 8. The van der Waals surface area contributed by atoms with Crippen molar-refractivity contribution in [3.05, 3.63) is 0 Å². The molecule has 0 aromatic heterocycles. The van der Waals surface area contributed by atoms with E-state index in [1.807, 2.05) is 20.8 Å². The van der Waals surface area contributed by atoms with Crippen LogP contribution in [-0.4, -0.2) is 42.9 Å². The second-order valence-electron chi connectivity index (χ2n) is 4.76. The van der Waals surface area contributed by atoms with Gasteiger partial charge in [0, 0.05) is 6.54 Å². The highest BCUT2D eigenvalue weighted by Gasteiger charge is 2.27. The monoisotopic (exact) mass is 286 g/mol. The molecule has 0 saturated heterocycles. The van der Waals surface area contributed by atoms with Crippen LogP contribution < -0.4 is 21.7 Å². The molecule has 0 saturated carbocycles. The van der Waals surface area contributed by atoms with Crippen molar-refractivity contribution < 1.29 is 14.4 Å². The van der Waals surface area contributed by atoms with Crippen LogP contribution in [0.4, 0.5) is 0 Å². The molecule has 3 atom stereocenters. The van der Waals surface area contributed by atoms with Crippen molar-refractivity contribution in [3.8, 4) is 0 Å². The highest BCUT2D eigenvalue weighted by Crippen LogP contribution is 2.08. The van der Waals surface area contributed by atoms with E-state index < -0.39 is 23.9 Å². The highest BCUT2D eigenvalue weighted by atomic mass is 16.2. The van der Waals surface area contributed by atoms with Crippen LogP contribution in [0.1, 0.15) is 34.1 Å². The molecule has 0 fully saturated rings. The molecule has 0 aliphatic heterocycles. The van der Waals surface area contributed by atoms with Gasteiger partial charge in [0.2, 0.25) is 17.7 Å². The van der Waals surface area contributed by atoms with E-state index in [-0.39, 0.29) is 18.4 Å². The Morgan fingerprint density at radius 3 is 2.10 bits per heavy atom. The van der Waals surface area contributed by atoms with E-state index in [1.54, 1.807) is 6.92 Å². The second kappa shape index (κ2) is 9.30. The first-order valence-electron chi connectivity index (χ1n) is 6.94. The minimum Gasteiger partial charge on any atom is -0.355 e. The first kappa shape index (κ1) is 18.4. The van der Waals surface area contributed by atoms with Crippen molar-refractivity contribution in [1.29, 1.82) is 0 Å². The Morgan fingerprint density at radius 1 is 1.05 bits per heavy atom. The summed E-state index contributed by atoms with van der Waals surface area (Å²) >= 11 is 0. The number of nitrogens with one attached hydrogen (secondary N) is 3. The fourth-order valence-corrected chi connectivity index (χ4v) is 1.63. The minimum absolute atomic E-state index is 0.00269. The molecule has 0 aromatic carbocycles. The molecule has 7 nitrogen and oxygen atoms in total. The van der Waals surface area contributed by atoms with E-state index in [1.165, 1.54) is 0 Å². The van der Waals surface area contributed by atoms with Crippen LogP contribution in [0.2, 0.25) is 0 Å². The molecule has 0 aliphatic carbocycles. The molecule has 20 heavy (non-hydrogen) atoms. The lowest BCUT2D eigenvalue weighted by Crippen LogP contribution is -2.55. The van der Waals surface area contributed by atoms with Gasteiger partial charge >= 0.3 is 0 Å². The van der Waals surface area contributed by atoms with Crippen LogP contribution in [-0.2, 0) is 14.4 Å². The number of carbonyl (C=O) groups is 3. The van der Waals surface area contributed by atoms with Gasteiger partial charge in [0.15, 0.2) is 0 Å². The molecule has 7 heteroatoms. The maximum atomic E-state index is 12.0. The van der Waals surface area contributed by atoms with Crippen molar-refractivity contribution in [1.82, 2.24) is 16.0 Å². The second-order valence-corrected chi connectivity index (χ2v) is 4.76. The third kappa shape index (κ3) is 6.01. The molecule has 3 unspecified atom stereocenters. The maximum absolute atomic E-state index is 12.0. The normalized spacial score (nSPS) is 14.8.